The van der Waals surface area contributed by atoms with Crippen molar-refractivity contribution in [3.8, 4) is 11.3 Å². The summed E-state index contributed by atoms with van der Waals surface area (Å²) in [4.78, 5) is 12.1. The summed E-state index contributed by atoms with van der Waals surface area (Å²) in [6.07, 6.45) is 3.96. The summed E-state index contributed by atoms with van der Waals surface area (Å²) >= 11 is 0. The Morgan fingerprint density at radius 1 is 1.07 bits per heavy atom. The fourth-order valence-corrected chi connectivity index (χ4v) is 2.91. The van der Waals surface area contributed by atoms with Crippen LogP contribution in [0.1, 0.15) is 24.7 Å². The maximum absolute atomic E-state index is 4.45. The van der Waals surface area contributed by atoms with Crippen LogP contribution < -0.4 is 10.6 Å². The number of aromatic nitrogens is 2. The largest absolute Gasteiger partial charge is 0.354 e. The summed E-state index contributed by atoms with van der Waals surface area (Å²) in [7, 11) is 1.79. The van der Waals surface area contributed by atoms with Crippen molar-refractivity contribution in [3.63, 3.8) is 0 Å². The van der Waals surface area contributed by atoms with Crippen molar-refractivity contribution in [1.82, 2.24) is 20.6 Å². The van der Waals surface area contributed by atoms with E-state index in [4.69, 9.17) is 0 Å². The number of hydrogen-bond acceptors (Lipinski definition) is 2. The van der Waals surface area contributed by atoms with Crippen LogP contribution in [0, 0.1) is 0 Å². The third-order valence-electron chi connectivity index (χ3n) is 4.45. The molecule has 0 aliphatic heterocycles. The lowest BCUT2D eigenvalue weighted by molar-refractivity contribution is 0.592. The second-order valence-corrected chi connectivity index (χ2v) is 6.61. The van der Waals surface area contributed by atoms with E-state index in [9.17, 15) is 0 Å². The van der Waals surface area contributed by atoms with Gasteiger partial charge in [0, 0.05) is 13.1 Å². The lowest BCUT2D eigenvalue weighted by Gasteiger charge is -2.17. The van der Waals surface area contributed by atoms with Gasteiger partial charge >= 0.3 is 0 Å². The number of aromatic amines is 1. The van der Waals surface area contributed by atoms with Crippen molar-refractivity contribution in [1.29, 1.82) is 0 Å². The van der Waals surface area contributed by atoms with Crippen LogP contribution in [0.5, 0.6) is 0 Å². The van der Waals surface area contributed by atoms with Crippen LogP contribution in [0.15, 0.2) is 71.9 Å². The van der Waals surface area contributed by atoms with E-state index in [1.807, 2.05) is 24.4 Å². The van der Waals surface area contributed by atoms with Crippen molar-refractivity contribution >= 4 is 29.9 Å². The number of aliphatic imine (C=N–C) groups is 1. The highest BCUT2D eigenvalue weighted by atomic mass is 127. The topological polar surface area (TPSA) is 65.1 Å². The normalized spacial score (nSPS) is 12.1. The minimum Gasteiger partial charge on any atom is -0.354 e. The molecule has 0 radical (unpaired) electrons. The molecule has 0 spiro atoms. The molecular weight excluding hydrogens is 461 g/mol. The van der Waals surface area contributed by atoms with Gasteiger partial charge in [-0.15, -0.1) is 24.0 Å². The zero-order chi connectivity index (χ0) is 18.9. The maximum Gasteiger partial charge on any atom is 0.191 e. The van der Waals surface area contributed by atoms with Gasteiger partial charge < -0.3 is 15.6 Å². The molecule has 3 aromatic rings. The fraction of sp³-hybridized carbons (Fsp3) is 0.273. The van der Waals surface area contributed by atoms with Crippen LogP contribution in [0.2, 0.25) is 0 Å². The smallest absolute Gasteiger partial charge is 0.191 e. The molecule has 2 aromatic carbocycles. The van der Waals surface area contributed by atoms with Crippen molar-refractivity contribution in [2.75, 3.05) is 7.05 Å². The van der Waals surface area contributed by atoms with Crippen LogP contribution >= 0.6 is 24.0 Å². The Labute approximate surface area is 184 Å². The Morgan fingerprint density at radius 2 is 1.75 bits per heavy atom. The molecule has 0 saturated carbocycles. The van der Waals surface area contributed by atoms with Crippen molar-refractivity contribution in [2.45, 2.75) is 32.4 Å². The highest BCUT2D eigenvalue weighted by molar-refractivity contribution is 14.0. The number of nitrogens with zero attached hydrogens (tertiary/aromatic N) is 2. The molecule has 0 amide bonds. The predicted molar refractivity (Wildman–Crippen MR) is 127 cm³/mol. The molecule has 1 unspecified atom stereocenters. The van der Waals surface area contributed by atoms with E-state index in [1.165, 1.54) is 5.56 Å². The Balaban J connectivity index is 0.00000280. The molecule has 28 heavy (non-hydrogen) atoms. The molecule has 0 bridgehead atoms. The SMILES string of the molecule is CN=C(NCc1ncc(-c2ccccc2)[nH]1)NC(C)CCc1ccccc1.I. The number of rotatable bonds is 7. The molecule has 148 valence electrons. The Kier molecular flexibility index (Phi) is 9.00. The third-order valence-corrected chi connectivity index (χ3v) is 4.45. The number of aryl methyl sites for hydroxylation is 1. The molecule has 1 aromatic heterocycles. The monoisotopic (exact) mass is 489 g/mol. The van der Waals surface area contributed by atoms with Crippen molar-refractivity contribution in [3.05, 3.63) is 78.2 Å². The van der Waals surface area contributed by atoms with Crippen molar-refractivity contribution < 1.29 is 0 Å². The van der Waals surface area contributed by atoms with Gasteiger partial charge in [-0.3, -0.25) is 4.99 Å². The van der Waals surface area contributed by atoms with Gasteiger partial charge in [0.15, 0.2) is 5.96 Å². The summed E-state index contributed by atoms with van der Waals surface area (Å²) in [5, 5.41) is 6.77. The van der Waals surface area contributed by atoms with Crippen LogP contribution in [-0.4, -0.2) is 29.0 Å². The molecule has 0 saturated heterocycles. The third kappa shape index (κ3) is 6.67. The van der Waals surface area contributed by atoms with Gasteiger partial charge in [0.2, 0.25) is 0 Å². The number of halogens is 1. The van der Waals surface area contributed by atoms with Gasteiger partial charge in [-0.25, -0.2) is 4.98 Å². The number of imidazole rings is 1. The molecule has 3 N–H and O–H groups in total. The van der Waals surface area contributed by atoms with Gasteiger partial charge in [-0.2, -0.15) is 0 Å². The van der Waals surface area contributed by atoms with E-state index in [1.54, 1.807) is 7.05 Å². The van der Waals surface area contributed by atoms with Crippen LogP contribution in [0.4, 0.5) is 0 Å². The van der Waals surface area contributed by atoms with Gasteiger partial charge in [-0.1, -0.05) is 60.7 Å². The number of guanidine groups is 1. The second kappa shape index (κ2) is 11.5. The molecule has 1 atom stereocenters. The molecule has 5 nitrogen and oxygen atoms in total. The Hall–Kier alpha value is -2.35. The van der Waals surface area contributed by atoms with E-state index in [0.717, 1.165) is 35.9 Å². The molecule has 0 aliphatic carbocycles. The average Bonchev–Trinajstić information content (AvgIpc) is 3.20. The highest BCUT2D eigenvalue weighted by Crippen LogP contribution is 2.15. The summed E-state index contributed by atoms with van der Waals surface area (Å²) in [6, 6.07) is 21.1. The summed E-state index contributed by atoms with van der Waals surface area (Å²) in [5.41, 5.74) is 3.51. The summed E-state index contributed by atoms with van der Waals surface area (Å²) in [5.74, 6) is 1.67. The zero-order valence-electron chi connectivity index (χ0n) is 16.4. The van der Waals surface area contributed by atoms with E-state index in [0.29, 0.717) is 12.6 Å². The van der Waals surface area contributed by atoms with E-state index in [-0.39, 0.29) is 24.0 Å². The standard InChI is InChI=1S/C22H27N5.HI/c1-17(13-14-18-9-5-3-6-10-18)26-22(23-2)25-16-21-24-15-20(27-21)19-11-7-4-8-12-19;/h3-12,15,17H,13-14,16H2,1-2H3,(H,24,27)(H2,23,25,26);1H. The van der Waals surface area contributed by atoms with Gasteiger partial charge in [-0.05, 0) is 30.9 Å². The molecular formula is C22H28IN5. The van der Waals surface area contributed by atoms with Crippen LogP contribution in [-0.2, 0) is 13.0 Å². The first-order valence-corrected chi connectivity index (χ1v) is 9.35. The number of H-pyrrole nitrogens is 1. The second-order valence-electron chi connectivity index (χ2n) is 6.61. The highest BCUT2D eigenvalue weighted by Gasteiger charge is 2.07. The first kappa shape index (κ1) is 21.9. The van der Waals surface area contributed by atoms with Crippen LogP contribution in [0.25, 0.3) is 11.3 Å². The molecule has 3 rings (SSSR count). The van der Waals surface area contributed by atoms with Crippen molar-refractivity contribution in [2.24, 2.45) is 4.99 Å². The lowest BCUT2D eigenvalue weighted by atomic mass is 10.1. The summed E-state index contributed by atoms with van der Waals surface area (Å²) < 4.78 is 0. The summed E-state index contributed by atoms with van der Waals surface area (Å²) in [6.45, 7) is 2.77. The Bertz CT molecular complexity index is 846. The lowest BCUT2D eigenvalue weighted by Crippen LogP contribution is -2.42. The first-order chi connectivity index (χ1) is 13.2. The number of hydrogen-bond donors (Lipinski definition) is 3. The van der Waals surface area contributed by atoms with Gasteiger partial charge in [0.05, 0.1) is 18.4 Å². The molecule has 0 fully saturated rings. The molecule has 1 heterocycles. The fourth-order valence-electron chi connectivity index (χ4n) is 2.91. The van der Waals surface area contributed by atoms with E-state index >= 15 is 0 Å². The van der Waals surface area contributed by atoms with Gasteiger partial charge in [0.25, 0.3) is 0 Å². The number of benzene rings is 2. The number of nitrogens with one attached hydrogen (secondary N) is 3. The zero-order valence-corrected chi connectivity index (χ0v) is 18.7. The van der Waals surface area contributed by atoms with Crippen LogP contribution in [0.3, 0.4) is 0 Å². The predicted octanol–water partition coefficient (Wildman–Crippen LogP) is 4.38. The molecule has 6 heteroatoms. The van der Waals surface area contributed by atoms with E-state index < -0.39 is 0 Å². The maximum atomic E-state index is 4.45. The minimum atomic E-state index is 0. The quantitative estimate of drug-likeness (QED) is 0.262. The minimum absolute atomic E-state index is 0. The van der Waals surface area contributed by atoms with Gasteiger partial charge in [0.1, 0.15) is 5.82 Å². The van der Waals surface area contributed by atoms with E-state index in [2.05, 4.69) is 75.0 Å². The molecule has 0 aliphatic rings. The first-order valence-electron chi connectivity index (χ1n) is 9.35. The Morgan fingerprint density at radius 3 is 2.43 bits per heavy atom. The average molecular weight is 489 g/mol.